The summed E-state index contributed by atoms with van der Waals surface area (Å²) in [5.41, 5.74) is 4.67. The van der Waals surface area contributed by atoms with Gasteiger partial charge in [0.2, 0.25) is 0 Å². The molecule has 2 aliphatic heterocycles. The lowest BCUT2D eigenvalue weighted by Gasteiger charge is -2.36. The molecule has 0 unspecified atom stereocenters. The van der Waals surface area contributed by atoms with Crippen molar-refractivity contribution in [2.24, 2.45) is 4.99 Å². The van der Waals surface area contributed by atoms with Crippen molar-refractivity contribution < 1.29 is 0 Å². The number of aliphatic imine (C=N–C) groups is 1. The molecule has 7 nitrogen and oxygen atoms in total. The van der Waals surface area contributed by atoms with E-state index in [1.807, 2.05) is 6.07 Å². The number of nitrogens with zero attached hydrogens (tertiary/aromatic N) is 4. The van der Waals surface area contributed by atoms with Crippen LogP contribution in [0.4, 0.5) is 17.2 Å². The minimum atomic E-state index is -0.140. The van der Waals surface area contributed by atoms with Crippen LogP contribution in [0.5, 0.6) is 0 Å². The molecule has 0 amide bonds. The van der Waals surface area contributed by atoms with Gasteiger partial charge in [-0.05, 0) is 55.5 Å². The Bertz CT molecular complexity index is 1250. The Labute approximate surface area is 187 Å². The zero-order valence-electron chi connectivity index (χ0n) is 18.4. The highest BCUT2D eigenvalue weighted by Crippen LogP contribution is 2.41. The topological polar surface area (TPSA) is 76.6 Å². The molecule has 0 spiro atoms. The summed E-state index contributed by atoms with van der Waals surface area (Å²) in [6.45, 7) is 6.84. The van der Waals surface area contributed by atoms with Gasteiger partial charge in [0.05, 0.1) is 23.0 Å². The maximum Gasteiger partial charge on any atom is 0.272 e. The number of hydrogen-bond acceptors (Lipinski definition) is 6. The molecule has 2 N–H and O–H groups in total. The number of piperazine rings is 1. The number of nitrogens with one attached hydrogen (secondary N) is 2. The summed E-state index contributed by atoms with van der Waals surface area (Å²) in [6.07, 6.45) is 3.67. The molecular weight excluding hydrogens is 400 g/mol. The molecule has 6 rings (SSSR count). The van der Waals surface area contributed by atoms with E-state index in [4.69, 9.17) is 4.99 Å². The van der Waals surface area contributed by atoms with Crippen molar-refractivity contribution in [3.8, 4) is 0 Å². The van der Waals surface area contributed by atoms with E-state index in [9.17, 15) is 4.79 Å². The Hall–Kier alpha value is -3.19. The molecule has 0 bridgehead atoms. The van der Waals surface area contributed by atoms with E-state index < -0.39 is 0 Å². The van der Waals surface area contributed by atoms with Crippen LogP contribution < -0.4 is 15.8 Å². The highest BCUT2D eigenvalue weighted by molar-refractivity contribution is 6.13. The fourth-order valence-electron chi connectivity index (χ4n) is 4.98. The Morgan fingerprint density at radius 1 is 1.06 bits per heavy atom. The third-order valence-electron chi connectivity index (χ3n) is 7.13. The zero-order chi connectivity index (χ0) is 21.7. The monoisotopic (exact) mass is 428 g/mol. The smallest absolute Gasteiger partial charge is 0.272 e. The minimum Gasteiger partial charge on any atom is -0.369 e. The third kappa shape index (κ3) is 3.46. The van der Waals surface area contributed by atoms with Gasteiger partial charge in [-0.1, -0.05) is 24.1 Å². The van der Waals surface area contributed by atoms with Gasteiger partial charge in [0.1, 0.15) is 5.84 Å². The molecular formula is C25H28N6O. The number of aromatic amines is 1. The molecule has 3 aliphatic rings. The van der Waals surface area contributed by atoms with Crippen LogP contribution in [-0.2, 0) is 0 Å². The molecule has 7 heteroatoms. The van der Waals surface area contributed by atoms with Gasteiger partial charge in [-0.2, -0.15) is 5.10 Å². The first kappa shape index (κ1) is 19.5. The Morgan fingerprint density at radius 3 is 2.56 bits per heavy atom. The van der Waals surface area contributed by atoms with Gasteiger partial charge in [-0.3, -0.25) is 9.69 Å². The first-order chi connectivity index (χ1) is 15.6. The number of aromatic nitrogens is 2. The largest absolute Gasteiger partial charge is 0.369 e. The summed E-state index contributed by atoms with van der Waals surface area (Å²) < 4.78 is 0. The van der Waals surface area contributed by atoms with Gasteiger partial charge in [0.15, 0.2) is 5.82 Å². The van der Waals surface area contributed by atoms with Crippen LogP contribution in [0.2, 0.25) is 0 Å². The summed E-state index contributed by atoms with van der Waals surface area (Å²) in [4.78, 5) is 22.1. The van der Waals surface area contributed by atoms with Crippen molar-refractivity contribution in [1.29, 1.82) is 0 Å². The Balaban J connectivity index is 1.21. The lowest BCUT2D eigenvalue weighted by Crippen LogP contribution is -2.48. The molecule has 2 aromatic carbocycles. The molecule has 1 saturated carbocycles. The van der Waals surface area contributed by atoms with E-state index in [2.05, 4.69) is 62.6 Å². The second-order valence-corrected chi connectivity index (χ2v) is 9.28. The fourth-order valence-corrected chi connectivity index (χ4v) is 4.98. The van der Waals surface area contributed by atoms with Crippen LogP contribution in [0.25, 0.3) is 10.8 Å². The molecule has 3 aromatic rings. The summed E-state index contributed by atoms with van der Waals surface area (Å²) in [6, 6.07) is 13.0. The molecule has 0 atom stereocenters. The Kier molecular flexibility index (Phi) is 4.72. The maximum absolute atomic E-state index is 12.5. The maximum atomic E-state index is 12.5. The van der Waals surface area contributed by atoms with Crippen molar-refractivity contribution in [1.82, 2.24) is 15.1 Å². The Morgan fingerprint density at radius 2 is 1.84 bits per heavy atom. The van der Waals surface area contributed by atoms with E-state index in [1.165, 1.54) is 36.1 Å². The first-order valence-electron chi connectivity index (χ1n) is 11.6. The highest BCUT2D eigenvalue weighted by atomic mass is 16.1. The van der Waals surface area contributed by atoms with Crippen molar-refractivity contribution in [3.63, 3.8) is 0 Å². The summed E-state index contributed by atoms with van der Waals surface area (Å²) in [5, 5.41) is 12.0. The quantitative estimate of drug-likeness (QED) is 0.661. The molecule has 1 aliphatic carbocycles. The molecule has 1 saturated heterocycles. The number of H-pyrrole nitrogens is 1. The lowest BCUT2D eigenvalue weighted by molar-refractivity contribution is 0.291. The van der Waals surface area contributed by atoms with E-state index in [-0.39, 0.29) is 5.56 Å². The van der Waals surface area contributed by atoms with Crippen LogP contribution >= 0.6 is 0 Å². The molecule has 2 fully saturated rings. The molecule has 32 heavy (non-hydrogen) atoms. The van der Waals surface area contributed by atoms with Gasteiger partial charge < -0.3 is 10.2 Å². The van der Waals surface area contributed by atoms with Crippen LogP contribution in [0.1, 0.15) is 36.3 Å². The van der Waals surface area contributed by atoms with Crippen LogP contribution in [0.15, 0.2) is 46.2 Å². The third-order valence-corrected chi connectivity index (χ3v) is 7.13. The van der Waals surface area contributed by atoms with E-state index in [0.717, 1.165) is 49.6 Å². The average molecular weight is 429 g/mol. The number of amidine groups is 1. The number of aryl methyl sites for hydroxylation is 1. The van der Waals surface area contributed by atoms with E-state index in [1.54, 1.807) is 0 Å². The minimum absolute atomic E-state index is 0.140. The van der Waals surface area contributed by atoms with Crippen molar-refractivity contribution >= 4 is 33.8 Å². The van der Waals surface area contributed by atoms with Crippen LogP contribution in [0, 0.1) is 6.92 Å². The standard InChI is InChI=1S/C25H28N6O/c1-16-5-7-19(8-6-16)31-11-9-30(10-12-31)15-22-26-21-14-18(17-3-2-4-17)13-20-23(21)24(27-22)28-29-25(20)32/h5-8,13-14,17H,2-4,9-12,15H2,1H3,(H,29,32)(H,26,27,28). The summed E-state index contributed by atoms with van der Waals surface area (Å²) in [5.74, 6) is 2.07. The predicted molar refractivity (Wildman–Crippen MR) is 130 cm³/mol. The molecule has 1 aromatic heterocycles. The van der Waals surface area contributed by atoms with Crippen LogP contribution in [0.3, 0.4) is 0 Å². The number of rotatable bonds is 4. The zero-order valence-corrected chi connectivity index (χ0v) is 18.4. The number of benzene rings is 2. The first-order valence-corrected chi connectivity index (χ1v) is 11.6. The SMILES string of the molecule is Cc1ccc(N2CCN(CC3=Nc4n[nH]c(=O)c5cc(C6CCC6)cc(c45)N3)CC2)cc1. The van der Waals surface area contributed by atoms with Gasteiger partial charge in [-0.25, -0.2) is 10.1 Å². The van der Waals surface area contributed by atoms with Crippen molar-refractivity contribution in [3.05, 3.63) is 57.9 Å². The van der Waals surface area contributed by atoms with E-state index >= 15 is 0 Å². The van der Waals surface area contributed by atoms with Gasteiger partial charge in [0, 0.05) is 31.9 Å². The van der Waals surface area contributed by atoms with Gasteiger partial charge in [0.25, 0.3) is 5.56 Å². The predicted octanol–water partition coefficient (Wildman–Crippen LogP) is 3.78. The lowest BCUT2D eigenvalue weighted by atomic mass is 9.79. The number of anilines is 2. The normalized spacial score (nSPS) is 18.9. The van der Waals surface area contributed by atoms with Gasteiger partial charge in [-0.15, -0.1) is 0 Å². The second-order valence-electron chi connectivity index (χ2n) is 9.28. The number of hydrogen-bond donors (Lipinski definition) is 2. The molecule has 164 valence electrons. The molecule has 3 heterocycles. The summed E-state index contributed by atoms with van der Waals surface area (Å²) >= 11 is 0. The van der Waals surface area contributed by atoms with Gasteiger partial charge >= 0.3 is 0 Å². The van der Waals surface area contributed by atoms with Crippen LogP contribution in [-0.4, -0.2) is 53.7 Å². The highest BCUT2D eigenvalue weighted by Gasteiger charge is 2.26. The average Bonchev–Trinajstić information content (AvgIpc) is 2.76. The second kappa shape index (κ2) is 7.74. The fraction of sp³-hybridized carbons (Fsp3) is 0.400. The summed E-state index contributed by atoms with van der Waals surface area (Å²) in [7, 11) is 0. The molecule has 0 radical (unpaired) electrons. The van der Waals surface area contributed by atoms with Crippen molar-refractivity contribution in [2.75, 3.05) is 42.9 Å². The van der Waals surface area contributed by atoms with Crippen molar-refractivity contribution in [2.45, 2.75) is 32.1 Å². The van der Waals surface area contributed by atoms with E-state index in [0.29, 0.717) is 17.1 Å².